The predicted molar refractivity (Wildman–Crippen MR) is 87.2 cm³/mol. The molecular weight excluding hydrogens is 282 g/mol. The van der Waals surface area contributed by atoms with E-state index < -0.39 is 5.54 Å². The average Bonchev–Trinajstić information content (AvgIpc) is 2.74. The maximum absolute atomic E-state index is 12.6. The Hall–Kier alpha value is -1.89. The summed E-state index contributed by atoms with van der Waals surface area (Å²) in [7, 11) is 1.50. The highest BCUT2D eigenvalue weighted by molar-refractivity contribution is 5.71. The van der Waals surface area contributed by atoms with Gasteiger partial charge in [-0.2, -0.15) is 0 Å². The monoisotopic (exact) mass is 307 g/mol. The maximum Gasteiger partial charge on any atom is 0.332 e. The van der Waals surface area contributed by atoms with Crippen molar-refractivity contribution >= 4 is 11.2 Å². The number of aryl methyl sites for hydroxylation is 2. The van der Waals surface area contributed by atoms with E-state index in [9.17, 15) is 9.59 Å². The number of nitrogens with zero attached hydrogens (tertiary/aromatic N) is 4. The SMILES string of the molecule is CCCc1nc2c(c(=O)n(C)c(=O)n2CC)n1CC(C)(C)N. The molecule has 0 unspecified atom stereocenters. The van der Waals surface area contributed by atoms with Crippen LogP contribution in [0.3, 0.4) is 0 Å². The van der Waals surface area contributed by atoms with Gasteiger partial charge in [0.2, 0.25) is 0 Å². The highest BCUT2D eigenvalue weighted by Crippen LogP contribution is 2.16. The zero-order valence-corrected chi connectivity index (χ0v) is 14.0. The van der Waals surface area contributed by atoms with Crippen LogP contribution >= 0.6 is 0 Å². The molecule has 0 aromatic carbocycles. The van der Waals surface area contributed by atoms with Crippen molar-refractivity contribution in [3.05, 3.63) is 26.7 Å². The second-order valence-electron chi connectivity index (χ2n) is 6.42. The van der Waals surface area contributed by atoms with Gasteiger partial charge in [-0.15, -0.1) is 0 Å². The van der Waals surface area contributed by atoms with E-state index in [1.807, 2.05) is 25.3 Å². The van der Waals surface area contributed by atoms with E-state index in [4.69, 9.17) is 5.73 Å². The summed E-state index contributed by atoms with van der Waals surface area (Å²) in [4.78, 5) is 29.4. The third-order valence-corrected chi connectivity index (χ3v) is 3.66. The summed E-state index contributed by atoms with van der Waals surface area (Å²) in [6.07, 6.45) is 1.65. The third-order valence-electron chi connectivity index (χ3n) is 3.66. The number of nitrogens with two attached hydrogens (primary N) is 1. The van der Waals surface area contributed by atoms with Gasteiger partial charge in [0.05, 0.1) is 0 Å². The summed E-state index contributed by atoms with van der Waals surface area (Å²) in [6.45, 7) is 8.71. The van der Waals surface area contributed by atoms with Crippen molar-refractivity contribution in [3.8, 4) is 0 Å². The van der Waals surface area contributed by atoms with Gasteiger partial charge < -0.3 is 10.3 Å². The normalized spacial score (nSPS) is 12.3. The van der Waals surface area contributed by atoms with Crippen molar-refractivity contribution in [2.24, 2.45) is 12.8 Å². The molecule has 22 heavy (non-hydrogen) atoms. The Balaban J connectivity index is 2.92. The Morgan fingerprint density at radius 1 is 1.18 bits per heavy atom. The first kappa shape index (κ1) is 16.5. The first-order valence-electron chi connectivity index (χ1n) is 7.69. The smallest absolute Gasteiger partial charge is 0.324 e. The molecule has 122 valence electrons. The van der Waals surface area contributed by atoms with E-state index in [1.54, 1.807) is 0 Å². The molecule has 0 aliphatic carbocycles. The van der Waals surface area contributed by atoms with Crippen molar-refractivity contribution in [2.45, 2.75) is 59.2 Å². The van der Waals surface area contributed by atoms with E-state index in [2.05, 4.69) is 11.9 Å². The number of fused-ring (bicyclic) bond motifs is 1. The summed E-state index contributed by atoms with van der Waals surface area (Å²) < 4.78 is 4.56. The summed E-state index contributed by atoms with van der Waals surface area (Å²) in [6, 6.07) is 0. The number of aromatic nitrogens is 4. The van der Waals surface area contributed by atoms with Gasteiger partial charge in [-0.1, -0.05) is 6.92 Å². The Morgan fingerprint density at radius 3 is 2.32 bits per heavy atom. The molecule has 2 rings (SSSR count). The van der Waals surface area contributed by atoms with Crippen LogP contribution in [0.5, 0.6) is 0 Å². The van der Waals surface area contributed by atoms with Crippen molar-refractivity contribution in [3.63, 3.8) is 0 Å². The van der Waals surface area contributed by atoms with Crippen LogP contribution in [0.1, 0.15) is 39.9 Å². The lowest BCUT2D eigenvalue weighted by atomic mass is 10.1. The molecule has 2 aromatic rings. The van der Waals surface area contributed by atoms with E-state index >= 15 is 0 Å². The molecule has 0 atom stereocenters. The molecule has 2 N–H and O–H groups in total. The van der Waals surface area contributed by atoms with Crippen molar-refractivity contribution < 1.29 is 0 Å². The fourth-order valence-electron chi connectivity index (χ4n) is 2.68. The minimum absolute atomic E-state index is 0.316. The van der Waals surface area contributed by atoms with E-state index in [0.717, 1.165) is 23.2 Å². The average molecular weight is 307 g/mol. The molecule has 0 aliphatic heterocycles. The number of imidazole rings is 1. The minimum Gasteiger partial charge on any atom is -0.324 e. The zero-order chi connectivity index (χ0) is 16.7. The third kappa shape index (κ3) is 2.72. The van der Waals surface area contributed by atoms with Gasteiger partial charge in [0.15, 0.2) is 11.2 Å². The van der Waals surface area contributed by atoms with Crippen LogP contribution in [0.15, 0.2) is 9.59 Å². The molecule has 7 nitrogen and oxygen atoms in total. The molecule has 0 bridgehead atoms. The molecule has 0 aliphatic rings. The Bertz CT molecular complexity index is 804. The van der Waals surface area contributed by atoms with Crippen molar-refractivity contribution in [1.82, 2.24) is 18.7 Å². The van der Waals surface area contributed by atoms with Gasteiger partial charge in [-0.3, -0.25) is 13.9 Å². The molecular formula is C15H25N5O2. The highest BCUT2D eigenvalue weighted by atomic mass is 16.2. The van der Waals surface area contributed by atoms with Crippen LogP contribution in [0, 0.1) is 0 Å². The molecule has 0 radical (unpaired) electrons. The predicted octanol–water partition coefficient (Wildman–Crippen LogP) is 0.606. The molecule has 0 saturated heterocycles. The lowest BCUT2D eigenvalue weighted by Gasteiger charge is -2.21. The molecule has 2 aromatic heterocycles. The fourth-order valence-corrected chi connectivity index (χ4v) is 2.68. The van der Waals surface area contributed by atoms with Crippen LogP contribution < -0.4 is 17.0 Å². The Labute approximate surface area is 129 Å². The molecule has 7 heteroatoms. The summed E-state index contributed by atoms with van der Waals surface area (Å²) in [5.74, 6) is 0.806. The first-order chi connectivity index (χ1) is 10.2. The summed E-state index contributed by atoms with van der Waals surface area (Å²) >= 11 is 0. The summed E-state index contributed by atoms with van der Waals surface area (Å²) in [5.41, 5.74) is 5.94. The van der Waals surface area contributed by atoms with Crippen LogP contribution in [0.25, 0.3) is 11.2 Å². The zero-order valence-electron chi connectivity index (χ0n) is 14.0. The van der Waals surface area contributed by atoms with Crippen molar-refractivity contribution in [1.29, 1.82) is 0 Å². The number of hydrogen-bond acceptors (Lipinski definition) is 4. The summed E-state index contributed by atoms with van der Waals surface area (Å²) in [5, 5.41) is 0. The van der Waals surface area contributed by atoms with Gasteiger partial charge >= 0.3 is 5.69 Å². The standard InChI is InChI=1S/C15H25N5O2/c1-6-8-10-17-12-11(20(10)9-15(3,4)16)13(21)18(5)14(22)19(12)7-2/h6-9,16H2,1-5H3. The molecule has 0 spiro atoms. The lowest BCUT2D eigenvalue weighted by Crippen LogP contribution is -2.41. The quantitative estimate of drug-likeness (QED) is 0.876. The van der Waals surface area contributed by atoms with E-state index in [-0.39, 0.29) is 11.2 Å². The molecule has 0 saturated carbocycles. The van der Waals surface area contributed by atoms with Gasteiger partial charge in [0, 0.05) is 32.1 Å². The molecule has 0 fully saturated rings. The van der Waals surface area contributed by atoms with E-state index in [0.29, 0.717) is 24.3 Å². The maximum atomic E-state index is 12.6. The fraction of sp³-hybridized carbons (Fsp3) is 0.667. The number of rotatable bonds is 5. The van der Waals surface area contributed by atoms with Gasteiger partial charge in [-0.25, -0.2) is 9.78 Å². The minimum atomic E-state index is -0.478. The largest absolute Gasteiger partial charge is 0.332 e. The van der Waals surface area contributed by atoms with Gasteiger partial charge in [0.1, 0.15) is 5.82 Å². The first-order valence-corrected chi connectivity index (χ1v) is 7.69. The van der Waals surface area contributed by atoms with E-state index in [1.165, 1.54) is 11.6 Å². The topological polar surface area (TPSA) is 87.8 Å². The lowest BCUT2D eigenvalue weighted by molar-refractivity contribution is 0.430. The van der Waals surface area contributed by atoms with Crippen LogP contribution in [-0.4, -0.2) is 24.2 Å². The number of hydrogen-bond donors (Lipinski definition) is 1. The second kappa shape index (κ2) is 5.72. The second-order valence-corrected chi connectivity index (χ2v) is 6.42. The molecule has 0 amide bonds. The van der Waals surface area contributed by atoms with Crippen LogP contribution in [0.2, 0.25) is 0 Å². The Morgan fingerprint density at radius 2 is 1.82 bits per heavy atom. The van der Waals surface area contributed by atoms with Gasteiger partial charge in [0.25, 0.3) is 5.56 Å². The Kier molecular flexibility index (Phi) is 4.28. The van der Waals surface area contributed by atoms with Crippen LogP contribution in [-0.2, 0) is 26.6 Å². The van der Waals surface area contributed by atoms with Crippen LogP contribution in [0.4, 0.5) is 0 Å². The molecule has 2 heterocycles. The van der Waals surface area contributed by atoms with Crippen molar-refractivity contribution in [2.75, 3.05) is 0 Å². The van der Waals surface area contributed by atoms with Gasteiger partial charge in [-0.05, 0) is 27.2 Å². The highest BCUT2D eigenvalue weighted by Gasteiger charge is 2.22.